The van der Waals surface area contributed by atoms with Crippen LogP contribution in [0.4, 0.5) is 0 Å². The van der Waals surface area contributed by atoms with Gasteiger partial charge in [0.2, 0.25) is 0 Å². The number of allylic oxidation sites excluding steroid dienone is 1. The smallest absolute Gasteiger partial charge is 0.152 e. The maximum absolute atomic E-state index is 11.0. The van der Waals surface area contributed by atoms with E-state index in [2.05, 4.69) is 6.07 Å². The lowest BCUT2D eigenvalue weighted by Crippen LogP contribution is -2.04. The minimum atomic E-state index is 0.720. The lowest BCUT2D eigenvalue weighted by Gasteiger charge is -2.10. The first-order chi connectivity index (χ1) is 7.04. The SMILES string of the molecule is Cc1ccc(/C(C=O)=C/N(C)C)c(C)c1. The number of carbonyl (C=O) groups is 1. The third-order valence-electron chi connectivity index (χ3n) is 2.22. The van der Waals surface area contributed by atoms with E-state index < -0.39 is 0 Å². The third kappa shape index (κ3) is 2.94. The van der Waals surface area contributed by atoms with Gasteiger partial charge in [-0.2, -0.15) is 0 Å². The van der Waals surface area contributed by atoms with Gasteiger partial charge in [-0.3, -0.25) is 4.79 Å². The molecular weight excluding hydrogens is 186 g/mol. The molecule has 1 aromatic carbocycles. The molecule has 80 valence electrons. The monoisotopic (exact) mass is 203 g/mol. The quantitative estimate of drug-likeness (QED) is 0.555. The van der Waals surface area contributed by atoms with Crippen molar-refractivity contribution in [3.05, 3.63) is 41.1 Å². The summed E-state index contributed by atoms with van der Waals surface area (Å²) in [6, 6.07) is 6.10. The van der Waals surface area contributed by atoms with Crippen LogP contribution in [0.15, 0.2) is 24.4 Å². The Hall–Kier alpha value is -1.57. The van der Waals surface area contributed by atoms with E-state index >= 15 is 0 Å². The summed E-state index contributed by atoms with van der Waals surface area (Å²) < 4.78 is 0. The molecule has 0 radical (unpaired) electrons. The van der Waals surface area contributed by atoms with Crippen LogP contribution in [0.5, 0.6) is 0 Å². The molecule has 0 aliphatic heterocycles. The molecule has 0 atom stereocenters. The molecule has 2 nitrogen and oxygen atoms in total. The molecule has 1 rings (SSSR count). The van der Waals surface area contributed by atoms with E-state index in [4.69, 9.17) is 0 Å². The van der Waals surface area contributed by atoms with Gasteiger partial charge >= 0.3 is 0 Å². The minimum absolute atomic E-state index is 0.720. The Bertz CT molecular complexity index is 392. The summed E-state index contributed by atoms with van der Waals surface area (Å²) in [6.07, 6.45) is 2.74. The molecule has 0 aliphatic carbocycles. The lowest BCUT2D eigenvalue weighted by atomic mass is 10.00. The molecule has 1 aromatic rings. The second-order valence-corrected chi connectivity index (χ2v) is 3.98. The van der Waals surface area contributed by atoms with Gasteiger partial charge in [-0.15, -0.1) is 0 Å². The molecule has 0 amide bonds. The Balaban J connectivity index is 3.19. The second-order valence-electron chi connectivity index (χ2n) is 3.98. The minimum Gasteiger partial charge on any atom is -0.383 e. The number of hydrogen-bond acceptors (Lipinski definition) is 2. The largest absolute Gasteiger partial charge is 0.383 e. The molecule has 0 spiro atoms. The highest BCUT2D eigenvalue weighted by atomic mass is 16.1. The highest BCUT2D eigenvalue weighted by Crippen LogP contribution is 2.18. The predicted molar refractivity (Wildman–Crippen MR) is 63.6 cm³/mol. The zero-order chi connectivity index (χ0) is 11.4. The Kier molecular flexibility index (Phi) is 3.67. The van der Waals surface area contributed by atoms with Crippen molar-refractivity contribution < 1.29 is 4.79 Å². The van der Waals surface area contributed by atoms with Crippen LogP contribution in [0.1, 0.15) is 16.7 Å². The van der Waals surface area contributed by atoms with Gasteiger partial charge in [-0.1, -0.05) is 23.8 Å². The molecule has 0 fully saturated rings. The molecule has 0 N–H and O–H groups in total. The Morgan fingerprint density at radius 3 is 2.40 bits per heavy atom. The fourth-order valence-electron chi connectivity index (χ4n) is 1.58. The summed E-state index contributed by atoms with van der Waals surface area (Å²) in [4.78, 5) is 12.9. The summed E-state index contributed by atoms with van der Waals surface area (Å²) in [6.45, 7) is 4.07. The first kappa shape index (κ1) is 11.5. The van der Waals surface area contributed by atoms with Crippen LogP contribution < -0.4 is 0 Å². The lowest BCUT2D eigenvalue weighted by molar-refractivity contribution is -0.103. The molecule has 0 heterocycles. The average molecular weight is 203 g/mol. The fraction of sp³-hybridized carbons (Fsp3) is 0.308. The molecule has 0 bridgehead atoms. The van der Waals surface area contributed by atoms with Crippen LogP contribution in [-0.2, 0) is 4.79 Å². The highest BCUT2D eigenvalue weighted by molar-refractivity contribution is 6.07. The van der Waals surface area contributed by atoms with Crippen molar-refractivity contribution in [2.75, 3.05) is 14.1 Å². The van der Waals surface area contributed by atoms with Gasteiger partial charge in [0.05, 0.1) is 0 Å². The van der Waals surface area contributed by atoms with Crippen molar-refractivity contribution in [2.45, 2.75) is 13.8 Å². The van der Waals surface area contributed by atoms with E-state index in [1.54, 1.807) is 0 Å². The van der Waals surface area contributed by atoms with Crippen molar-refractivity contribution in [1.82, 2.24) is 4.90 Å². The Morgan fingerprint density at radius 2 is 1.93 bits per heavy atom. The van der Waals surface area contributed by atoms with E-state index in [1.807, 2.05) is 51.2 Å². The van der Waals surface area contributed by atoms with E-state index in [-0.39, 0.29) is 0 Å². The van der Waals surface area contributed by atoms with E-state index in [9.17, 15) is 4.79 Å². The fourth-order valence-corrected chi connectivity index (χ4v) is 1.58. The average Bonchev–Trinajstić information content (AvgIpc) is 2.14. The van der Waals surface area contributed by atoms with Gasteiger partial charge in [0, 0.05) is 25.9 Å². The van der Waals surface area contributed by atoms with Gasteiger partial charge in [0.15, 0.2) is 6.29 Å². The van der Waals surface area contributed by atoms with Crippen molar-refractivity contribution in [1.29, 1.82) is 0 Å². The number of aldehydes is 1. The van der Waals surface area contributed by atoms with Gasteiger partial charge in [-0.05, 0) is 25.0 Å². The maximum atomic E-state index is 11.0. The van der Waals surface area contributed by atoms with Crippen molar-refractivity contribution in [3.8, 4) is 0 Å². The number of nitrogens with zero attached hydrogens (tertiary/aromatic N) is 1. The third-order valence-corrected chi connectivity index (χ3v) is 2.22. The predicted octanol–water partition coefficient (Wildman–Crippen LogP) is 2.40. The number of carbonyl (C=O) groups excluding carboxylic acids is 1. The second kappa shape index (κ2) is 4.78. The normalized spacial score (nSPS) is 11.3. The van der Waals surface area contributed by atoms with Gasteiger partial charge in [0.25, 0.3) is 0 Å². The van der Waals surface area contributed by atoms with Crippen molar-refractivity contribution >= 4 is 11.9 Å². The van der Waals surface area contributed by atoms with Crippen LogP contribution >= 0.6 is 0 Å². The first-order valence-corrected chi connectivity index (χ1v) is 4.95. The summed E-state index contributed by atoms with van der Waals surface area (Å²) in [5.74, 6) is 0. The highest BCUT2D eigenvalue weighted by Gasteiger charge is 2.04. The molecular formula is C13H17NO. The van der Waals surface area contributed by atoms with Crippen molar-refractivity contribution in [3.63, 3.8) is 0 Å². The standard InChI is InChI=1S/C13H17NO/c1-10-5-6-13(11(2)7-10)12(9-15)8-14(3)4/h5-9H,1-4H3/b12-8+. The molecule has 0 saturated carbocycles. The van der Waals surface area contributed by atoms with E-state index in [0.717, 1.165) is 23.0 Å². The first-order valence-electron chi connectivity index (χ1n) is 4.95. The zero-order valence-electron chi connectivity index (χ0n) is 9.74. The molecule has 0 aromatic heterocycles. The summed E-state index contributed by atoms with van der Waals surface area (Å²) in [5.41, 5.74) is 4.07. The van der Waals surface area contributed by atoms with Gasteiger partial charge in [0.1, 0.15) is 0 Å². The van der Waals surface area contributed by atoms with E-state index in [1.165, 1.54) is 5.56 Å². The van der Waals surface area contributed by atoms with Crippen LogP contribution in [0, 0.1) is 13.8 Å². The number of benzene rings is 1. The number of aryl methyl sites for hydroxylation is 2. The molecule has 15 heavy (non-hydrogen) atoms. The zero-order valence-corrected chi connectivity index (χ0v) is 9.74. The van der Waals surface area contributed by atoms with E-state index in [0.29, 0.717) is 0 Å². The van der Waals surface area contributed by atoms with Crippen LogP contribution in [0.25, 0.3) is 5.57 Å². The topological polar surface area (TPSA) is 20.3 Å². The molecule has 0 unspecified atom stereocenters. The number of rotatable bonds is 3. The summed E-state index contributed by atoms with van der Waals surface area (Å²) >= 11 is 0. The van der Waals surface area contributed by atoms with Crippen LogP contribution in [-0.4, -0.2) is 25.3 Å². The molecule has 0 aliphatic rings. The Morgan fingerprint density at radius 1 is 1.27 bits per heavy atom. The van der Waals surface area contributed by atoms with Gasteiger partial charge in [-0.25, -0.2) is 0 Å². The molecule has 2 heteroatoms. The maximum Gasteiger partial charge on any atom is 0.152 e. The van der Waals surface area contributed by atoms with Crippen LogP contribution in [0.3, 0.4) is 0 Å². The molecule has 0 saturated heterocycles. The van der Waals surface area contributed by atoms with Crippen molar-refractivity contribution in [2.24, 2.45) is 0 Å². The van der Waals surface area contributed by atoms with Crippen LogP contribution in [0.2, 0.25) is 0 Å². The Labute approximate surface area is 91.2 Å². The van der Waals surface area contributed by atoms with Gasteiger partial charge < -0.3 is 4.90 Å². The summed E-state index contributed by atoms with van der Waals surface area (Å²) in [7, 11) is 3.82. The summed E-state index contributed by atoms with van der Waals surface area (Å²) in [5, 5.41) is 0. The number of hydrogen-bond donors (Lipinski definition) is 0.